The van der Waals surface area contributed by atoms with Crippen LogP contribution in [0.15, 0.2) is 23.1 Å². The molecule has 0 aliphatic heterocycles. The quantitative estimate of drug-likeness (QED) is 0.695. The minimum absolute atomic E-state index is 0. The van der Waals surface area contributed by atoms with Gasteiger partial charge >= 0.3 is 0 Å². The topological polar surface area (TPSA) is 107 Å². The van der Waals surface area contributed by atoms with E-state index < -0.39 is 5.91 Å². The van der Waals surface area contributed by atoms with Crippen molar-refractivity contribution in [3.8, 4) is 11.4 Å². The van der Waals surface area contributed by atoms with Gasteiger partial charge in [0.25, 0.3) is 5.91 Å². The summed E-state index contributed by atoms with van der Waals surface area (Å²) in [4.78, 5) is 31.1. The summed E-state index contributed by atoms with van der Waals surface area (Å²) in [6, 6.07) is 2.99. The molecule has 0 aliphatic rings. The molecule has 9 heteroatoms. The van der Waals surface area contributed by atoms with Crippen LogP contribution in [0.1, 0.15) is 37.0 Å². The number of aryl methyl sites for hydroxylation is 1. The lowest BCUT2D eigenvalue weighted by Crippen LogP contribution is -2.17. The van der Waals surface area contributed by atoms with E-state index in [4.69, 9.17) is 17.3 Å². The van der Waals surface area contributed by atoms with E-state index in [0.29, 0.717) is 21.9 Å². The number of nitrogens with two attached hydrogens (primary N) is 1. The Bertz CT molecular complexity index is 1060. The van der Waals surface area contributed by atoms with Gasteiger partial charge in [-0.25, -0.2) is 0 Å². The van der Waals surface area contributed by atoms with Gasteiger partial charge in [-0.1, -0.05) is 32.4 Å². The first-order chi connectivity index (χ1) is 11.6. The van der Waals surface area contributed by atoms with Crippen LogP contribution < -0.4 is 11.2 Å². The molecule has 0 saturated carbocycles. The predicted molar refractivity (Wildman–Crippen MR) is 104 cm³/mol. The minimum atomic E-state index is -0.752. The summed E-state index contributed by atoms with van der Waals surface area (Å²) < 4.78 is 1.64. The molecular weight excluding hydrogens is 377 g/mol. The molecule has 3 aromatic rings. The molecule has 0 atom stereocenters. The average molecular weight is 396 g/mol. The van der Waals surface area contributed by atoms with E-state index in [1.165, 1.54) is 12.3 Å². The number of aromatic amines is 1. The first kappa shape index (κ1) is 19.9. The van der Waals surface area contributed by atoms with Crippen molar-refractivity contribution in [2.45, 2.75) is 26.2 Å². The number of nitrogens with zero attached hydrogens (tertiary/aromatic N) is 3. The van der Waals surface area contributed by atoms with Crippen LogP contribution in [0.4, 0.5) is 0 Å². The first-order valence-corrected chi connectivity index (χ1v) is 8.04. The molecule has 0 aromatic carbocycles. The largest absolute Gasteiger partial charge is 0.364 e. The standard InChI is InChI=1S/C17H18ClN5O2.ClH/c1-17(2,3)15-12(18)14(23(4)22-15)9-7-10(24)11-8(21-9)5-6-20-13(11)16(19)25;/h5-7H,1-4H3,(H2,19,25)(H,21,24);1H. The van der Waals surface area contributed by atoms with Crippen molar-refractivity contribution < 1.29 is 4.79 Å². The first-order valence-electron chi connectivity index (χ1n) is 7.66. The number of primary amides is 1. The van der Waals surface area contributed by atoms with Gasteiger partial charge in [-0.3, -0.25) is 19.3 Å². The number of hydrogen-bond acceptors (Lipinski definition) is 4. The number of rotatable bonds is 2. The Morgan fingerprint density at radius 2 is 2.00 bits per heavy atom. The zero-order valence-electron chi connectivity index (χ0n) is 14.8. The smallest absolute Gasteiger partial charge is 0.268 e. The van der Waals surface area contributed by atoms with Gasteiger partial charge in [0, 0.05) is 24.7 Å². The van der Waals surface area contributed by atoms with E-state index in [1.807, 2.05) is 20.8 Å². The molecule has 0 radical (unpaired) electrons. The number of fused-ring (bicyclic) bond motifs is 1. The molecule has 0 unspecified atom stereocenters. The van der Waals surface area contributed by atoms with Crippen LogP contribution in [-0.4, -0.2) is 25.7 Å². The van der Waals surface area contributed by atoms with Gasteiger partial charge in [-0.05, 0) is 6.07 Å². The van der Waals surface area contributed by atoms with E-state index in [2.05, 4.69) is 15.1 Å². The Labute approximate surface area is 161 Å². The van der Waals surface area contributed by atoms with Crippen LogP contribution in [0.2, 0.25) is 5.02 Å². The van der Waals surface area contributed by atoms with Crippen molar-refractivity contribution in [3.63, 3.8) is 0 Å². The van der Waals surface area contributed by atoms with Crippen LogP contribution in [0.3, 0.4) is 0 Å². The second kappa shape index (κ2) is 6.74. The molecule has 3 heterocycles. The lowest BCUT2D eigenvalue weighted by Gasteiger charge is -2.15. The lowest BCUT2D eigenvalue weighted by atomic mass is 9.92. The van der Waals surface area contributed by atoms with E-state index in [9.17, 15) is 9.59 Å². The molecule has 0 fully saturated rings. The minimum Gasteiger partial charge on any atom is -0.364 e. The van der Waals surface area contributed by atoms with E-state index in [1.54, 1.807) is 17.8 Å². The second-order valence-electron chi connectivity index (χ2n) is 6.88. The summed E-state index contributed by atoms with van der Waals surface area (Å²) in [5, 5.41) is 5.13. The number of aromatic nitrogens is 4. The summed E-state index contributed by atoms with van der Waals surface area (Å²) in [5.41, 5.74) is 6.95. The summed E-state index contributed by atoms with van der Waals surface area (Å²) in [6.45, 7) is 6.04. The number of H-pyrrole nitrogens is 1. The SMILES string of the molecule is Cl.Cn1nc(C(C)(C)C)c(Cl)c1-c1cc(=O)c2c(C(N)=O)nccc2[nH]1. The van der Waals surface area contributed by atoms with E-state index >= 15 is 0 Å². The molecule has 0 bridgehead atoms. The molecule has 0 saturated heterocycles. The molecule has 1 amide bonds. The van der Waals surface area contributed by atoms with Gasteiger partial charge in [-0.15, -0.1) is 12.4 Å². The maximum atomic E-state index is 12.6. The van der Waals surface area contributed by atoms with Crippen LogP contribution in [-0.2, 0) is 12.5 Å². The number of pyridine rings is 2. The second-order valence-corrected chi connectivity index (χ2v) is 7.26. The Hall–Kier alpha value is -2.38. The van der Waals surface area contributed by atoms with Gasteiger partial charge in [0.2, 0.25) is 0 Å². The predicted octanol–water partition coefficient (Wildman–Crippen LogP) is 2.80. The summed E-state index contributed by atoms with van der Waals surface area (Å²) in [7, 11) is 1.76. The number of amides is 1. The third-order valence-corrected chi connectivity index (χ3v) is 4.29. The highest BCUT2D eigenvalue weighted by molar-refractivity contribution is 6.33. The number of nitrogens with one attached hydrogen (secondary N) is 1. The Morgan fingerprint density at radius 1 is 1.35 bits per heavy atom. The highest BCUT2D eigenvalue weighted by Gasteiger charge is 2.26. The van der Waals surface area contributed by atoms with E-state index in [0.717, 1.165) is 5.69 Å². The maximum Gasteiger partial charge on any atom is 0.268 e. The summed E-state index contributed by atoms with van der Waals surface area (Å²) >= 11 is 6.54. The number of halogens is 2. The average Bonchev–Trinajstić information content (AvgIpc) is 2.81. The Balaban J connectivity index is 0.00000243. The number of carbonyl (C=O) groups is 1. The van der Waals surface area contributed by atoms with Crippen molar-refractivity contribution in [2.24, 2.45) is 12.8 Å². The fourth-order valence-electron chi connectivity index (χ4n) is 2.78. The van der Waals surface area contributed by atoms with Gasteiger partial charge in [0.05, 0.1) is 27.3 Å². The number of carbonyl (C=O) groups excluding carboxylic acids is 1. The molecule has 3 rings (SSSR count). The molecule has 0 spiro atoms. The molecular formula is C17H19Cl2N5O2. The van der Waals surface area contributed by atoms with Crippen molar-refractivity contribution in [2.75, 3.05) is 0 Å². The van der Waals surface area contributed by atoms with Gasteiger partial charge in [0.1, 0.15) is 11.4 Å². The van der Waals surface area contributed by atoms with Crippen molar-refractivity contribution in [1.82, 2.24) is 19.7 Å². The number of hydrogen-bond donors (Lipinski definition) is 2. The Morgan fingerprint density at radius 3 is 2.54 bits per heavy atom. The van der Waals surface area contributed by atoms with Gasteiger partial charge in [-0.2, -0.15) is 5.10 Å². The van der Waals surface area contributed by atoms with Crippen LogP contribution in [0, 0.1) is 0 Å². The van der Waals surface area contributed by atoms with E-state index in [-0.39, 0.29) is 34.3 Å². The fraction of sp³-hybridized carbons (Fsp3) is 0.294. The van der Waals surface area contributed by atoms with Crippen molar-refractivity contribution in [3.05, 3.63) is 45.0 Å². The molecule has 3 aromatic heterocycles. The molecule has 7 nitrogen and oxygen atoms in total. The lowest BCUT2D eigenvalue weighted by molar-refractivity contribution is 0.0997. The highest BCUT2D eigenvalue weighted by atomic mass is 35.5. The van der Waals surface area contributed by atoms with Crippen LogP contribution >= 0.6 is 24.0 Å². The zero-order chi connectivity index (χ0) is 18.5. The zero-order valence-corrected chi connectivity index (χ0v) is 16.3. The van der Waals surface area contributed by atoms with Gasteiger partial charge in [0.15, 0.2) is 5.43 Å². The summed E-state index contributed by atoms with van der Waals surface area (Å²) in [5.74, 6) is -0.752. The third-order valence-electron chi connectivity index (χ3n) is 3.93. The normalized spacial score (nSPS) is 11.4. The summed E-state index contributed by atoms with van der Waals surface area (Å²) in [6.07, 6.45) is 1.42. The van der Waals surface area contributed by atoms with Crippen molar-refractivity contribution >= 4 is 40.8 Å². The third kappa shape index (κ3) is 3.20. The molecule has 138 valence electrons. The van der Waals surface area contributed by atoms with Crippen molar-refractivity contribution in [1.29, 1.82) is 0 Å². The monoisotopic (exact) mass is 395 g/mol. The fourth-order valence-corrected chi connectivity index (χ4v) is 3.33. The Kier molecular flexibility index (Phi) is 5.17. The maximum absolute atomic E-state index is 12.6. The highest BCUT2D eigenvalue weighted by Crippen LogP contribution is 2.35. The molecule has 3 N–H and O–H groups in total. The van der Waals surface area contributed by atoms with Crippen LogP contribution in [0.25, 0.3) is 22.3 Å². The van der Waals surface area contributed by atoms with Crippen LogP contribution in [0.5, 0.6) is 0 Å². The molecule has 0 aliphatic carbocycles. The molecule has 26 heavy (non-hydrogen) atoms. The van der Waals surface area contributed by atoms with Gasteiger partial charge < -0.3 is 10.7 Å².